The smallest absolute Gasteiger partial charge is 0.242 e. The fraction of sp³-hybridized carbons (Fsp3) is 0.562. The van der Waals surface area contributed by atoms with Crippen LogP contribution in [0.3, 0.4) is 0 Å². The minimum Gasteiger partial charge on any atom is -0.359 e. The molecular weight excluding hydrogens is 330 g/mol. The zero-order valence-electron chi connectivity index (χ0n) is 12.8. The van der Waals surface area contributed by atoms with Crippen molar-refractivity contribution in [2.45, 2.75) is 38.8 Å². The van der Waals surface area contributed by atoms with Crippen LogP contribution >= 0.6 is 15.9 Å². The van der Waals surface area contributed by atoms with Gasteiger partial charge in [-0.3, -0.25) is 4.79 Å². The Morgan fingerprint density at radius 3 is 2.95 bits per heavy atom. The van der Waals surface area contributed by atoms with Gasteiger partial charge in [0.2, 0.25) is 5.91 Å². The van der Waals surface area contributed by atoms with Crippen LogP contribution in [0.15, 0.2) is 22.7 Å². The number of anilines is 1. The zero-order chi connectivity index (χ0) is 15.2. The first-order valence-electron chi connectivity index (χ1n) is 7.64. The van der Waals surface area contributed by atoms with Crippen molar-refractivity contribution in [3.8, 4) is 0 Å². The molecule has 1 saturated heterocycles. The van der Waals surface area contributed by atoms with Crippen LogP contribution in [0.2, 0.25) is 0 Å². The SMILES string of the molecule is CCNCc1cc(Br)ccc1N1CCCCC1C(=O)NC. The number of likely N-dealkylation sites (N-methyl/N-ethyl adjacent to an activating group) is 1. The molecule has 1 unspecified atom stereocenters. The Morgan fingerprint density at radius 2 is 2.24 bits per heavy atom. The molecule has 0 spiro atoms. The molecule has 0 aromatic heterocycles. The number of benzene rings is 1. The van der Waals surface area contributed by atoms with Crippen molar-refractivity contribution in [1.29, 1.82) is 0 Å². The van der Waals surface area contributed by atoms with E-state index in [-0.39, 0.29) is 11.9 Å². The number of halogens is 1. The van der Waals surface area contributed by atoms with Crippen LogP contribution in [-0.4, -0.2) is 32.1 Å². The van der Waals surface area contributed by atoms with Gasteiger partial charge in [-0.25, -0.2) is 0 Å². The standard InChI is InChI=1S/C16H24BrN3O/c1-3-19-11-12-10-13(17)7-8-14(12)20-9-5-4-6-15(20)16(21)18-2/h7-8,10,15,19H,3-6,9,11H2,1-2H3,(H,18,21). The minimum absolute atomic E-state index is 0.0506. The van der Waals surface area contributed by atoms with Crippen LogP contribution in [-0.2, 0) is 11.3 Å². The summed E-state index contributed by atoms with van der Waals surface area (Å²) in [5.41, 5.74) is 2.41. The molecule has 2 rings (SSSR count). The average Bonchev–Trinajstić information content (AvgIpc) is 2.52. The highest BCUT2D eigenvalue weighted by Gasteiger charge is 2.29. The molecule has 116 valence electrons. The van der Waals surface area contributed by atoms with Crippen molar-refractivity contribution >= 4 is 27.5 Å². The normalized spacial score (nSPS) is 18.6. The number of hydrogen-bond donors (Lipinski definition) is 2. The van der Waals surface area contributed by atoms with Gasteiger partial charge in [-0.1, -0.05) is 22.9 Å². The van der Waals surface area contributed by atoms with Crippen LogP contribution < -0.4 is 15.5 Å². The lowest BCUT2D eigenvalue weighted by molar-refractivity contribution is -0.122. The van der Waals surface area contributed by atoms with E-state index >= 15 is 0 Å². The molecule has 0 bridgehead atoms. The molecule has 1 aliphatic heterocycles. The van der Waals surface area contributed by atoms with E-state index in [1.54, 1.807) is 7.05 Å². The van der Waals surface area contributed by atoms with Crippen molar-refractivity contribution in [2.75, 3.05) is 25.0 Å². The van der Waals surface area contributed by atoms with Gasteiger partial charge in [-0.15, -0.1) is 0 Å². The molecule has 0 radical (unpaired) electrons. The second-order valence-corrected chi connectivity index (χ2v) is 6.29. The summed E-state index contributed by atoms with van der Waals surface area (Å²) in [6.45, 7) is 4.80. The topological polar surface area (TPSA) is 44.4 Å². The molecule has 1 heterocycles. The van der Waals surface area contributed by atoms with E-state index in [4.69, 9.17) is 0 Å². The fourth-order valence-electron chi connectivity index (χ4n) is 2.89. The van der Waals surface area contributed by atoms with Crippen LogP contribution in [0.1, 0.15) is 31.7 Å². The summed E-state index contributed by atoms with van der Waals surface area (Å²) in [5.74, 6) is 0.118. The Bertz CT molecular complexity index is 492. The average molecular weight is 354 g/mol. The molecular formula is C16H24BrN3O. The predicted octanol–water partition coefficient (Wildman–Crippen LogP) is 2.66. The van der Waals surface area contributed by atoms with Crippen molar-refractivity contribution in [3.63, 3.8) is 0 Å². The number of nitrogens with one attached hydrogen (secondary N) is 2. The van der Waals surface area contributed by atoms with Crippen LogP contribution in [0.4, 0.5) is 5.69 Å². The highest BCUT2D eigenvalue weighted by molar-refractivity contribution is 9.10. The molecule has 21 heavy (non-hydrogen) atoms. The third kappa shape index (κ3) is 3.98. The summed E-state index contributed by atoms with van der Waals surface area (Å²) in [6.07, 6.45) is 3.19. The number of piperidine rings is 1. The summed E-state index contributed by atoms with van der Waals surface area (Å²) in [5, 5.41) is 6.18. The molecule has 5 heteroatoms. The van der Waals surface area contributed by atoms with Crippen LogP contribution in [0, 0.1) is 0 Å². The molecule has 2 N–H and O–H groups in total. The van der Waals surface area contributed by atoms with Gasteiger partial charge in [0.1, 0.15) is 6.04 Å². The third-order valence-corrected chi connectivity index (χ3v) is 4.46. The molecule has 0 aliphatic carbocycles. The monoisotopic (exact) mass is 353 g/mol. The molecule has 4 nitrogen and oxygen atoms in total. The van der Waals surface area contributed by atoms with E-state index in [1.165, 1.54) is 11.3 Å². The number of nitrogens with zero attached hydrogens (tertiary/aromatic N) is 1. The van der Waals surface area contributed by atoms with Gasteiger partial charge < -0.3 is 15.5 Å². The number of hydrogen-bond acceptors (Lipinski definition) is 3. The molecule has 0 saturated carbocycles. The number of amides is 1. The Hall–Kier alpha value is -1.07. The second kappa shape index (κ2) is 7.80. The fourth-order valence-corrected chi connectivity index (χ4v) is 3.30. The van der Waals surface area contributed by atoms with Crippen LogP contribution in [0.5, 0.6) is 0 Å². The van der Waals surface area contributed by atoms with Gasteiger partial charge in [-0.2, -0.15) is 0 Å². The van der Waals surface area contributed by atoms with Crippen molar-refractivity contribution in [3.05, 3.63) is 28.2 Å². The van der Waals surface area contributed by atoms with E-state index < -0.39 is 0 Å². The van der Waals surface area contributed by atoms with E-state index in [0.29, 0.717) is 0 Å². The van der Waals surface area contributed by atoms with Crippen molar-refractivity contribution < 1.29 is 4.79 Å². The van der Waals surface area contributed by atoms with Gasteiger partial charge >= 0.3 is 0 Å². The van der Waals surface area contributed by atoms with Crippen molar-refractivity contribution in [1.82, 2.24) is 10.6 Å². The summed E-state index contributed by atoms with van der Waals surface area (Å²) in [6, 6.07) is 6.27. The highest BCUT2D eigenvalue weighted by atomic mass is 79.9. The Labute approximate surface area is 135 Å². The molecule has 1 atom stereocenters. The van der Waals surface area contributed by atoms with Gasteiger partial charge in [0.25, 0.3) is 0 Å². The first-order chi connectivity index (χ1) is 10.2. The van der Waals surface area contributed by atoms with Crippen molar-refractivity contribution in [2.24, 2.45) is 0 Å². The van der Waals surface area contributed by atoms with E-state index in [0.717, 1.165) is 43.4 Å². The zero-order valence-corrected chi connectivity index (χ0v) is 14.4. The maximum Gasteiger partial charge on any atom is 0.242 e. The van der Waals surface area contributed by atoms with E-state index in [9.17, 15) is 4.79 Å². The molecule has 1 fully saturated rings. The van der Waals surface area contributed by atoms with E-state index in [1.807, 2.05) is 0 Å². The highest BCUT2D eigenvalue weighted by Crippen LogP contribution is 2.30. The third-order valence-electron chi connectivity index (χ3n) is 3.97. The first kappa shape index (κ1) is 16.3. The summed E-state index contributed by atoms with van der Waals surface area (Å²) >= 11 is 3.54. The summed E-state index contributed by atoms with van der Waals surface area (Å²) < 4.78 is 1.08. The molecule has 1 aromatic carbocycles. The largest absolute Gasteiger partial charge is 0.359 e. The lowest BCUT2D eigenvalue weighted by atomic mass is 9.99. The quantitative estimate of drug-likeness (QED) is 0.855. The summed E-state index contributed by atoms with van der Waals surface area (Å²) in [4.78, 5) is 14.4. The predicted molar refractivity (Wildman–Crippen MR) is 90.6 cm³/mol. The molecule has 1 aliphatic rings. The Kier molecular flexibility index (Phi) is 6.06. The maximum absolute atomic E-state index is 12.2. The van der Waals surface area contributed by atoms with Gasteiger partial charge in [0, 0.05) is 30.3 Å². The number of carbonyl (C=O) groups is 1. The molecule has 1 aromatic rings. The lowest BCUT2D eigenvalue weighted by Crippen LogP contribution is -2.49. The maximum atomic E-state index is 12.2. The van der Waals surface area contributed by atoms with Gasteiger partial charge in [-0.05, 0) is 49.6 Å². The number of carbonyl (C=O) groups excluding carboxylic acids is 1. The molecule has 1 amide bonds. The van der Waals surface area contributed by atoms with E-state index in [2.05, 4.69) is 56.6 Å². The first-order valence-corrected chi connectivity index (χ1v) is 8.44. The summed E-state index contributed by atoms with van der Waals surface area (Å²) in [7, 11) is 1.72. The van der Waals surface area contributed by atoms with Gasteiger partial charge in [0.05, 0.1) is 0 Å². The Balaban J connectivity index is 2.30. The van der Waals surface area contributed by atoms with Crippen LogP contribution in [0.25, 0.3) is 0 Å². The number of rotatable bonds is 5. The van der Waals surface area contributed by atoms with Gasteiger partial charge in [0.15, 0.2) is 0 Å². The minimum atomic E-state index is -0.0506. The Morgan fingerprint density at radius 1 is 1.43 bits per heavy atom. The second-order valence-electron chi connectivity index (χ2n) is 5.37. The lowest BCUT2D eigenvalue weighted by Gasteiger charge is -2.37.